The van der Waals surface area contributed by atoms with Crippen LogP contribution in [-0.2, 0) is 40.0 Å². The van der Waals surface area contributed by atoms with Gasteiger partial charge in [-0.25, -0.2) is 9.97 Å². The van der Waals surface area contributed by atoms with E-state index in [0.29, 0.717) is 37.1 Å². The van der Waals surface area contributed by atoms with Crippen LogP contribution in [0.5, 0.6) is 0 Å². The molecule has 45 heavy (non-hydrogen) atoms. The SMILES string of the molecule is Cl.[2H]c1nc(CN2CCc3c(c4ccccc4n3C)C2=O)c(C([2H])([2H])[2H])[nH]1.[2H]c1nc(CN2CCc3c(c4ccccc4n3C)C2=O)c(C([2H])([2H])[2H])[nH]1. The number of carbonyl (C=O) groups is 2. The quantitative estimate of drug-likeness (QED) is 0.277. The van der Waals surface area contributed by atoms with E-state index in [1.165, 1.54) is 0 Å². The van der Waals surface area contributed by atoms with Crippen molar-refractivity contribution in [2.45, 2.75) is 39.6 Å². The van der Waals surface area contributed by atoms with Crippen molar-refractivity contribution < 1.29 is 20.6 Å². The summed E-state index contributed by atoms with van der Waals surface area (Å²) in [5, 5.41) is 1.80. The topological polar surface area (TPSA) is 108 Å². The van der Waals surface area contributed by atoms with Crippen molar-refractivity contribution in [1.82, 2.24) is 38.9 Å². The van der Waals surface area contributed by atoms with Crippen molar-refractivity contribution >= 4 is 46.0 Å². The molecule has 0 unspecified atom stereocenters. The zero-order valence-electron chi connectivity index (χ0n) is 32.8. The molecule has 2 aliphatic rings. The Hall–Kier alpha value is -4.83. The van der Waals surface area contributed by atoms with Gasteiger partial charge in [-0.05, 0) is 25.8 Å². The first kappa shape index (κ1) is 21.8. The minimum Gasteiger partial charge on any atom is -0.348 e. The van der Waals surface area contributed by atoms with Gasteiger partial charge in [0.1, 0.15) is 2.74 Å². The van der Waals surface area contributed by atoms with Crippen LogP contribution < -0.4 is 0 Å². The number of rotatable bonds is 4. The predicted molar refractivity (Wildman–Crippen MR) is 177 cm³/mol. The molecular formula is C34H37ClN8O2. The number of nitrogens with zero attached hydrogens (tertiary/aromatic N) is 6. The van der Waals surface area contributed by atoms with E-state index in [9.17, 15) is 9.59 Å². The number of nitrogens with one attached hydrogen (secondary N) is 2. The molecule has 0 spiro atoms. The highest BCUT2D eigenvalue weighted by Crippen LogP contribution is 2.32. The molecule has 2 aromatic carbocycles. The highest BCUT2D eigenvalue weighted by molar-refractivity contribution is 6.10. The third-order valence-corrected chi connectivity index (χ3v) is 8.70. The molecule has 2 N–H and O–H groups in total. The van der Waals surface area contributed by atoms with Crippen LogP contribution in [0.15, 0.2) is 61.1 Å². The lowest BCUT2D eigenvalue weighted by Crippen LogP contribution is -2.37. The van der Waals surface area contributed by atoms with Crippen LogP contribution in [0.2, 0.25) is 0 Å². The van der Waals surface area contributed by atoms with Crippen LogP contribution in [-0.4, -0.2) is 63.8 Å². The van der Waals surface area contributed by atoms with E-state index < -0.39 is 13.7 Å². The minimum absolute atomic E-state index is 0. The van der Waals surface area contributed by atoms with Crippen LogP contribution >= 0.6 is 12.4 Å². The summed E-state index contributed by atoms with van der Waals surface area (Å²) in [5.74, 6) is -0.261. The van der Waals surface area contributed by atoms with Gasteiger partial charge in [-0.2, -0.15) is 0 Å². The zero-order valence-corrected chi connectivity index (χ0v) is 25.6. The van der Waals surface area contributed by atoms with Crippen molar-refractivity contribution in [2.75, 3.05) is 13.1 Å². The molecule has 6 heterocycles. The van der Waals surface area contributed by atoms with Gasteiger partial charge in [0.25, 0.3) is 11.8 Å². The van der Waals surface area contributed by atoms with E-state index in [1.54, 1.807) is 9.80 Å². The van der Waals surface area contributed by atoms with E-state index in [0.717, 1.165) is 33.2 Å². The maximum atomic E-state index is 13.1. The first-order valence-corrected chi connectivity index (χ1v) is 14.4. The number of aromatic amines is 2. The number of carbonyl (C=O) groups excluding carboxylic acids is 2. The smallest absolute Gasteiger partial charge is 0.256 e. The summed E-state index contributed by atoms with van der Waals surface area (Å²) in [6, 6.07) is 15.5. The largest absolute Gasteiger partial charge is 0.348 e. The van der Waals surface area contributed by atoms with E-state index in [4.69, 9.17) is 11.0 Å². The zero-order chi connectivity index (χ0) is 37.3. The Morgan fingerprint density at radius 2 is 1.16 bits per heavy atom. The number of para-hydroxylation sites is 2. The lowest BCUT2D eigenvalue weighted by molar-refractivity contribution is 0.0718. The number of imidazole rings is 2. The number of benzene rings is 2. The summed E-state index contributed by atoms with van der Waals surface area (Å²) < 4.78 is 64.9. The molecule has 0 saturated heterocycles. The predicted octanol–water partition coefficient (Wildman–Crippen LogP) is 5.24. The molecular weight excluding hydrogens is 588 g/mol. The minimum atomic E-state index is -2.40. The molecule has 0 saturated carbocycles. The van der Waals surface area contributed by atoms with Gasteiger partial charge in [-0.15, -0.1) is 12.4 Å². The first-order chi connectivity index (χ1) is 24.5. The van der Waals surface area contributed by atoms with E-state index in [2.05, 4.69) is 19.9 Å². The number of aromatic nitrogens is 6. The highest BCUT2D eigenvalue weighted by atomic mass is 35.5. The molecule has 10 nitrogen and oxygen atoms in total. The van der Waals surface area contributed by atoms with Gasteiger partial charge >= 0.3 is 0 Å². The van der Waals surface area contributed by atoms with Crippen LogP contribution in [0.1, 0.15) is 65.8 Å². The average Bonchev–Trinajstić information content (AvgIpc) is 3.82. The van der Waals surface area contributed by atoms with Gasteiger partial charge in [0.2, 0.25) is 0 Å². The third-order valence-electron chi connectivity index (χ3n) is 8.70. The summed E-state index contributed by atoms with van der Waals surface area (Å²) in [5.41, 5.74) is 5.65. The van der Waals surface area contributed by atoms with Gasteiger partial charge in [0, 0.05) is 92.8 Å². The first-order valence-electron chi connectivity index (χ1n) is 18.4. The monoisotopic (exact) mass is 632 g/mol. The van der Waals surface area contributed by atoms with Crippen molar-refractivity contribution in [3.63, 3.8) is 0 Å². The maximum absolute atomic E-state index is 13.1. The number of fused-ring (bicyclic) bond motifs is 6. The van der Waals surface area contributed by atoms with E-state index in [-0.39, 0.29) is 72.7 Å². The third kappa shape index (κ3) is 5.08. The molecule has 0 bridgehead atoms. The Morgan fingerprint density at radius 1 is 0.733 bits per heavy atom. The van der Waals surface area contributed by atoms with Gasteiger partial charge in [0.15, 0.2) is 0 Å². The Bertz CT molecular complexity index is 2210. The molecule has 232 valence electrons. The Labute approximate surface area is 278 Å². The lowest BCUT2D eigenvalue weighted by Gasteiger charge is -2.27. The number of H-pyrrole nitrogens is 2. The van der Waals surface area contributed by atoms with Gasteiger partial charge in [0.05, 0.1) is 48.2 Å². The standard InChI is InChI=1S/2C17H18N4O.ClH/c2*1-11-13(19-10-18-11)9-21-8-7-15-16(17(21)22)12-5-3-4-6-14(12)20(15)2;/h2*3-6,10H,7-9H2,1-2H3,(H,18,19);1H/i2*1D3,10D;. The van der Waals surface area contributed by atoms with Crippen LogP contribution in [0.25, 0.3) is 21.8 Å². The van der Waals surface area contributed by atoms with Gasteiger partial charge < -0.3 is 28.9 Å². The van der Waals surface area contributed by atoms with E-state index in [1.807, 2.05) is 71.8 Å². The second kappa shape index (κ2) is 11.9. The number of amides is 2. The van der Waals surface area contributed by atoms with Crippen molar-refractivity contribution in [1.29, 1.82) is 0 Å². The molecule has 11 heteroatoms. The average molecular weight is 633 g/mol. The van der Waals surface area contributed by atoms with Crippen molar-refractivity contribution in [3.8, 4) is 0 Å². The fourth-order valence-corrected chi connectivity index (χ4v) is 6.41. The fraction of sp³-hybridized carbons (Fsp3) is 0.294. The fourth-order valence-electron chi connectivity index (χ4n) is 6.41. The highest BCUT2D eigenvalue weighted by Gasteiger charge is 2.31. The van der Waals surface area contributed by atoms with E-state index >= 15 is 0 Å². The van der Waals surface area contributed by atoms with Gasteiger partial charge in [-0.1, -0.05) is 36.4 Å². The summed E-state index contributed by atoms with van der Waals surface area (Å²) in [4.78, 5) is 42.4. The van der Waals surface area contributed by atoms with Crippen molar-refractivity contribution in [2.24, 2.45) is 14.1 Å². The molecule has 6 aromatic rings. The molecule has 0 atom stereocenters. The molecule has 0 aliphatic carbocycles. The number of hydrogen-bond acceptors (Lipinski definition) is 4. The molecule has 0 fully saturated rings. The Balaban J connectivity index is 0.000000178. The summed E-state index contributed by atoms with van der Waals surface area (Å²) in [7, 11) is 3.91. The summed E-state index contributed by atoms with van der Waals surface area (Å²) in [6.07, 6.45) is 0.962. The normalized spacial score (nSPS) is 17.5. The van der Waals surface area contributed by atoms with Crippen LogP contribution in [0.3, 0.4) is 0 Å². The number of halogens is 1. The maximum Gasteiger partial charge on any atom is 0.256 e. The molecule has 8 rings (SSSR count). The molecule has 4 aromatic heterocycles. The number of hydrogen-bond donors (Lipinski definition) is 2. The summed E-state index contributed by atoms with van der Waals surface area (Å²) >= 11 is 0. The number of aryl methyl sites for hydroxylation is 4. The van der Waals surface area contributed by atoms with Gasteiger partial charge in [-0.3, -0.25) is 9.59 Å². The molecule has 2 amide bonds. The molecule has 0 radical (unpaired) electrons. The van der Waals surface area contributed by atoms with Crippen molar-refractivity contribution in [3.05, 3.63) is 106 Å². The Morgan fingerprint density at radius 3 is 1.58 bits per heavy atom. The van der Waals surface area contributed by atoms with Crippen LogP contribution in [0.4, 0.5) is 0 Å². The summed E-state index contributed by atoms with van der Waals surface area (Å²) in [6.45, 7) is -3.68. The Kier molecular flexibility index (Phi) is 5.78. The second-order valence-electron chi connectivity index (χ2n) is 11.1. The second-order valence-corrected chi connectivity index (χ2v) is 11.1. The van der Waals surface area contributed by atoms with Crippen LogP contribution in [0, 0.1) is 13.7 Å². The molecule has 2 aliphatic heterocycles. The lowest BCUT2D eigenvalue weighted by atomic mass is 10.0.